The number of thiophene rings is 1. The molecule has 0 aliphatic heterocycles. The van der Waals surface area contributed by atoms with Crippen LogP contribution in [0.15, 0.2) is 57.7 Å². The average molecular weight is 329 g/mol. The van der Waals surface area contributed by atoms with Crippen LogP contribution in [0, 0.1) is 0 Å². The molecule has 4 rings (SSSR count). The molecule has 0 saturated heterocycles. The van der Waals surface area contributed by atoms with Gasteiger partial charge in [-0.15, -0.1) is 11.3 Å². The number of benzene rings is 2. The number of hydrogen-bond acceptors (Lipinski definition) is 4. The van der Waals surface area contributed by atoms with E-state index >= 15 is 0 Å². The van der Waals surface area contributed by atoms with Crippen molar-refractivity contribution in [2.45, 2.75) is 0 Å². The fourth-order valence-corrected chi connectivity index (χ4v) is 3.64. The summed E-state index contributed by atoms with van der Waals surface area (Å²) in [5, 5.41) is 12.0. The lowest BCUT2D eigenvalue weighted by atomic mass is 10.2. The number of aromatic hydroxyl groups is 1. The molecule has 2 aromatic carbocycles. The molecule has 0 spiro atoms. The molecule has 1 N–H and O–H groups in total. The predicted molar refractivity (Wildman–Crippen MR) is 90.0 cm³/mol. The average Bonchev–Trinajstić information content (AvgIpc) is 2.95. The van der Waals surface area contributed by atoms with Crippen molar-refractivity contribution in [3.8, 4) is 16.4 Å². The first-order chi connectivity index (χ1) is 10.6. The number of halogens is 1. The van der Waals surface area contributed by atoms with Crippen molar-refractivity contribution >= 4 is 44.0 Å². The Bertz CT molecular complexity index is 1050. The lowest BCUT2D eigenvalue weighted by Crippen LogP contribution is -2.02. The molecule has 2 heterocycles. The van der Waals surface area contributed by atoms with Crippen LogP contribution in [0.4, 0.5) is 0 Å². The summed E-state index contributed by atoms with van der Waals surface area (Å²) in [7, 11) is 0. The molecule has 2 aromatic heterocycles. The fraction of sp³-hybridized carbons (Fsp3) is 0. The van der Waals surface area contributed by atoms with Crippen LogP contribution in [0.2, 0.25) is 5.02 Å². The second-order valence-electron chi connectivity index (χ2n) is 4.90. The highest BCUT2D eigenvalue weighted by Crippen LogP contribution is 2.38. The van der Waals surface area contributed by atoms with Crippen LogP contribution in [-0.4, -0.2) is 5.11 Å². The number of fused-ring (bicyclic) bond motifs is 2. The standard InChI is InChI=1S/C17H9ClO3S/c18-10-5-6-12-11(8-10)15(19)16(20)17(21-12)14-7-9-3-1-2-4-13(9)22-14/h1-8,20H. The molecule has 0 radical (unpaired) electrons. The van der Waals surface area contributed by atoms with Crippen LogP contribution in [0.5, 0.6) is 5.75 Å². The zero-order valence-corrected chi connectivity index (χ0v) is 12.7. The Kier molecular flexibility index (Phi) is 2.96. The molecule has 0 aliphatic rings. The third kappa shape index (κ3) is 2.00. The Morgan fingerprint density at radius 1 is 1.09 bits per heavy atom. The Morgan fingerprint density at radius 3 is 2.73 bits per heavy atom. The van der Waals surface area contributed by atoms with Gasteiger partial charge in [0.1, 0.15) is 5.58 Å². The van der Waals surface area contributed by atoms with Crippen LogP contribution >= 0.6 is 22.9 Å². The molecule has 3 nitrogen and oxygen atoms in total. The molecule has 4 aromatic rings. The van der Waals surface area contributed by atoms with Crippen molar-refractivity contribution in [1.29, 1.82) is 0 Å². The first-order valence-electron chi connectivity index (χ1n) is 6.58. The van der Waals surface area contributed by atoms with Crippen molar-refractivity contribution in [2.75, 3.05) is 0 Å². The molecule has 0 amide bonds. The van der Waals surface area contributed by atoms with Crippen molar-refractivity contribution in [3.63, 3.8) is 0 Å². The molecule has 0 unspecified atom stereocenters. The van der Waals surface area contributed by atoms with Gasteiger partial charge in [0.15, 0.2) is 5.76 Å². The van der Waals surface area contributed by atoms with Gasteiger partial charge in [-0.1, -0.05) is 29.8 Å². The smallest absolute Gasteiger partial charge is 0.235 e. The number of rotatable bonds is 1. The van der Waals surface area contributed by atoms with E-state index in [-0.39, 0.29) is 16.9 Å². The summed E-state index contributed by atoms with van der Waals surface area (Å²) < 4.78 is 6.81. The van der Waals surface area contributed by atoms with Gasteiger partial charge in [-0.25, -0.2) is 0 Å². The minimum absolute atomic E-state index is 0.195. The van der Waals surface area contributed by atoms with E-state index in [1.807, 2.05) is 30.3 Å². The molecular formula is C17H9ClO3S. The molecule has 0 aliphatic carbocycles. The highest BCUT2D eigenvalue weighted by Gasteiger charge is 2.17. The summed E-state index contributed by atoms with van der Waals surface area (Å²) in [4.78, 5) is 13.0. The first kappa shape index (κ1) is 13.4. The predicted octanol–water partition coefficient (Wildman–Crippen LogP) is 5.03. The minimum atomic E-state index is -0.476. The summed E-state index contributed by atoms with van der Waals surface area (Å²) >= 11 is 7.36. The van der Waals surface area contributed by atoms with E-state index < -0.39 is 5.43 Å². The third-order valence-electron chi connectivity index (χ3n) is 3.48. The molecule has 108 valence electrons. The highest BCUT2D eigenvalue weighted by atomic mass is 35.5. The quantitative estimate of drug-likeness (QED) is 0.533. The maximum absolute atomic E-state index is 12.3. The van der Waals surface area contributed by atoms with Crippen LogP contribution in [0.3, 0.4) is 0 Å². The Hall–Kier alpha value is -2.30. The topological polar surface area (TPSA) is 50.4 Å². The summed E-state index contributed by atoms with van der Waals surface area (Å²) in [5.41, 5.74) is -0.0733. The van der Waals surface area contributed by atoms with E-state index in [4.69, 9.17) is 16.0 Å². The van der Waals surface area contributed by atoms with E-state index in [9.17, 15) is 9.90 Å². The lowest BCUT2D eigenvalue weighted by molar-refractivity contribution is 0.449. The van der Waals surface area contributed by atoms with E-state index in [0.29, 0.717) is 15.5 Å². The zero-order chi connectivity index (χ0) is 15.3. The van der Waals surface area contributed by atoms with Gasteiger partial charge in [0.2, 0.25) is 11.2 Å². The Balaban J connectivity index is 2.04. The maximum atomic E-state index is 12.3. The van der Waals surface area contributed by atoms with Crippen molar-refractivity contribution < 1.29 is 9.52 Å². The summed E-state index contributed by atoms with van der Waals surface area (Å²) in [6, 6.07) is 14.5. The molecule has 22 heavy (non-hydrogen) atoms. The van der Waals surface area contributed by atoms with E-state index in [2.05, 4.69) is 0 Å². The molecule has 0 atom stereocenters. The van der Waals surface area contributed by atoms with E-state index in [0.717, 1.165) is 10.1 Å². The fourth-order valence-electron chi connectivity index (χ4n) is 2.42. The second kappa shape index (κ2) is 4.87. The van der Waals surface area contributed by atoms with Gasteiger partial charge in [-0.05, 0) is 35.7 Å². The van der Waals surface area contributed by atoms with Crippen LogP contribution < -0.4 is 5.43 Å². The Labute approximate surface area is 134 Å². The van der Waals surface area contributed by atoms with Gasteiger partial charge in [-0.2, -0.15) is 0 Å². The van der Waals surface area contributed by atoms with Gasteiger partial charge >= 0.3 is 0 Å². The van der Waals surface area contributed by atoms with Crippen molar-refractivity contribution in [2.24, 2.45) is 0 Å². The van der Waals surface area contributed by atoms with Gasteiger partial charge < -0.3 is 9.52 Å². The highest BCUT2D eigenvalue weighted by molar-refractivity contribution is 7.22. The second-order valence-corrected chi connectivity index (χ2v) is 6.42. The molecule has 5 heteroatoms. The van der Waals surface area contributed by atoms with Gasteiger partial charge in [-0.3, -0.25) is 4.79 Å². The van der Waals surface area contributed by atoms with Gasteiger partial charge in [0.05, 0.1) is 10.3 Å². The normalized spacial score (nSPS) is 11.3. The zero-order valence-electron chi connectivity index (χ0n) is 11.2. The van der Waals surface area contributed by atoms with E-state index in [1.165, 1.54) is 17.4 Å². The monoisotopic (exact) mass is 328 g/mol. The van der Waals surface area contributed by atoms with Gasteiger partial charge in [0.25, 0.3) is 0 Å². The minimum Gasteiger partial charge on any atom is -0.501 e. The van der Waals surface area contributed by atoms with Crippen LogP contribution in [0.1, 0.15) is 0 Å². The van der Waals surface area contributed by atoms with Crippen LogP contribution in [-0.2, 0) is 0 Å². The number of hydrogen-bond donors (Lipinski definition) is 1. The molecule has 0 saturated carbocycles. The summed E-state index contributed by atoms with van der Waals surface area (Å²) in [6.07, 6.45) is 0. The van der Waals surface area contributed by atoms with Gasteiger partial charge in [0, 0.05) is 9.72 Å². The largest absolute Gasteiger partial charge is 0.501 e. The summed E-state index contributed by atoms with van der Waals surface area (Å²) in [6.45, 7) is 0. The molecular weight excluding hydrogens is 320 g/mol. The van der Waals surface area contributed by atoms with Crippen molar-refractivity contribution in [1.82, 2.24) is 0 Å². The molecule has 0 bridgehead atoms. The Morgan fingerprint density at radius 2 is 1.91 bits per heavy atom. The van der Waals surface area contributed by atoms with Crippen LogP contribution in [0.25, 0.3) is 31.7 Å². The summed E-state index contributed by atoms with van der Waals surface area (Å²) in [5.74, 6) is -0.192. The first-order valence-corrected chi connectivity index (χ1v) is 7.77. The van der Waals surface area contributed by atoms with Crippen molar-refractivity contribution in [3.05, 3.63) is 63.8 Å². The maximum Gasteiger partial charge on any atom is 0.235 e. The molecule has 0 fully saturated rings. The lowest BCUT2D eigenvalue weighted by Gasteiger charge is -2.04. The third-order valence-corrected chi connectivity index (χ3v) is 4.83. The van der Waals surface area contributed by atoms with E-state index in [1.54, 1.807) is 12.1 Å². The SMILES string of the molecule is O=c1c(O)c(-c2cc3ccccc3s2)oc2ccc(Cl)cc12.